The van der Waals surface area contributed by atoms with Crippen molar-refractivity contribution in [2.45, 2.75) is 25.9 Å². The molecule has 2 heterocycles. The van der Waals surface area contributed by atoms with Gasteiger partial charge in [0.1, 0.15) is 5.69 Å². The lowest BCUT2D eigenvalue weighted by Gasteiger charge is -2.08. The van der Waals surface area contributed by atoms with E-state index in [1.165, 1.54) is 0 Å². The van der Waals surface area contributed by atoms with Crippen LogP contribution in [0.1, 0.15) is 29.4 Å². The Bertz CT molecular complexity index is 942. The van der Waals surface area contributed by atoms with Gasteiger partial charge in [0, 0.05) is 30.7 Å². The summed E-state index contributed by atoms with van der Waals surface area (Å²) in [5.74, 6) is -0.609. The topological polar surface area (TPSA) is 75.6 Å². The zero-order valence-corrected chi connectivity index (χ0v) is 14.3. The Labute approximate surface area is 147 Å². The molecule has 1 amide bonds. The first-order valence-electron chi connectivity index (χ1n) is 8.13. The molecule has 0 radical (unpaired) electrons. The molecule has 3 aromatic rings. The lowest BCUT2D eigenvalue weighted by molar-refractivity contribution is -0.132. The number of halogens is 3. The van der Waals surface area contributed by atoms with E-state index in [0.717, 1.165) is 16.7 Å². The molecule has 9 heteroatoms. The highest BCUT2D eigenvalue weighted by Gasteiger charge is 2.27. The minimum atomic E-state index is -4.31. The third-order valence-electron chi connectivity index (χ3n) is 4.08. The van der Waals surface area contributed by atoms with Gasteiger partial charge in [0.25, 0.3) is 5.91 Å². The van der Waals surface area contributed by atoms with Gasteiger partial charge >= 0.3 is 6.18 Å². The maximum absolute atomic E-state index is 12.3. The lowest BCUT2D eigenvalue weighted by atomic mass is 10.00. The largest absolute Gasteiger partial charge is 0.390 e. The van der Waals surface area contributed by atoms with Crippen LogP contribution in [0.4, 0.5) is 13.2 Å². The Morgan fingerprint density at radius 2 is 2.08 bits per heavy atom. The molecule has 0 aliphatic carbocycles. The summed E-state index contributed by atoms with van der Waals surface area (Å²) in [7, 11) is 1.81. The Kier molecular flexibility index (Phi) is 4.71. The van der Waals surface area contributed by atoms with Crippen LogP contribution in [-0.4, -0.2) is 38.6 Å². The summed E-state index contributed by atoms with van der Waals surface area (Å²) in [6.07, 6.45) is -1.13. The number of carbonyl (C=O) groups is 1. The quantitative estimate of drug-likeness (QED) is 0.729. The molecule has 0 atom stereocenters. The predicted octanol–water partition coefficient (Wildman–Crippen LogP) is 3.21. The monoisotopic (exact) mass is 365 g/mol. The number of carbonyl (C=O) groups excluding carboxylic acids is 1. The van der Waals surface area contributed by atoms with E-state index < -0.39 is 25.0 Å². The number of aromatic nitrogens is 4. The molecular formula is C17H18F3N5O. The van der Waals surface area contributed by atoms with E-state index in [2.05, 4.69) is 20.6 Å². The highest BCUT2D eigenvalue weighted by molar-refractivity contribution is 6.06. The average Bonchev–Trinajstić information content (AvgIpc) is 3.18. The van der Waals surface area contributed by atoms with E-state index in [-0.39, 0.29) is 5.69 Å². The minimum absolute atomic E-state index is 0.155. The SMILES string of the molecule is CCc1cc(-c2cnn(C)c2)cc2c(C(=O)NCCC(F)(F)F)[nH]nc12. The van der Waals surface area contributed by atoms with Crippen LogP contribution in [0.3, 0.4) is 0 Å². The molecular weight excluding hydrogens is 347 g/mol. The number of amides is 1. The number of fused-ring (bicyclic) bond motifs is 1. The van der Waals surface area contributed by atoms with Crippen molar-refractivity contribution in [2.24, 2.45) is 7.05 Å². The van der Waals surface area contributed by atoms with E-state index in [4.69, 9.17) is 0 Å². The molecule has 0 unspecified atom stereocenters. The van der Waals surface area contributed by atoms with Crippen LogP contribution in [-0.2, 0) is 13.5 Å². The van der Waals surface area contributed by atoms with Crippen LogP contribution in [0.25, 0.3) is 22.0 Å². The average molecular weight is 365 g/mol. The summed E-state index contributed by atoms with van der Waals surface area (Å²) in [5, 5.41) is 13.8. The molecule has 0 saturated heterocycles. The number of aromatic amines is 1. The first-order valence-corrected chi connectivity index (χ1v) is 8.13. The van der Waals surface area contributed by atoms with Crippen LogP contribution < -0.4 is 5.32 Å². The molecule has 0 bridgehead atoms. The molecule has 138 valence electrons. The Morgan fingerprint density at radius 1 is 1.31 bits per heavy atom. The molecule has 2 aromatic heterocycles. The van der Waals surface area contributed by atoms with Gasteiger partial charge in [-0.05, 0) is 29.7 Å². The molecule has 0 aliphatic rings. The summed E-state index contributed by atoms with van der Waals surface area (Å²) in [4.78, 5) is 12.3. The summed E-state index contributed by atoms with van der Waals surface area (Å²) in [6.45, 7) is 1.49. The van der Waals surface area contributed by atoms with Crippen molar-refractivity contribution in [1.29, 1.82) is 0 Å². The number of hydrogen-bond acceptors (Lipinski definition) is 3. The van der Waals surface area contributed by atoms with Crippen LogP contribution in [0.5, 0.6) is 0 Å². The number of H-pyrrole nitrogens is 1. The molecule has 2 N–H and O–H groups in total. The summed E-state index contributed by atoms with van der Waals surface area (Å²) in [5.41, 5.74) is 3.48. The van der Waals surface area contributed by atoms with Crippen molar-refractivity contribution in [1.82, 2.24) is 25.3 Å². The van der Waals surface area contributed by atoms with Crippen LogP contribution >= 0.6 is 0 Å². The highest BCUT2D eigenvalue weighted by atomic mass is 19.4. The van der Waals surface area contributed by atoms with E-state index in [1.54, 1.807) is 24.0 Å². The Morgan fingerprint density at radius 3 is 2.69 bits per heavy atom. The van der Waals surface area contributed by atoms with Gasteiger partial charge in [-0.2, -0.15) is 23.4 Å². The van der Waals surface area contributed by atoms with E-state index >= 15 is 0 Å². The third kappa shape index (κ3) is 3.71. The second kappa shape index (κ2) is 6.81. The van der Waals surface area contributed by atoms with Crippen molar-refractivity contribution in [3.63, 3.8) is 0 Å². The van der Waals surface area contributed by atoms with Gasteiger partial charge in [0.05, 0.1) is 18.1 Å². The maximum atomic E-state index is 12.3. The second-order valence-electron chi connectivity index (χ2n) is 6.01. The highest BCUT2D eigenvalue weighted by Crippen LogP contribution is 2.29. The van der Waals surface area contributed by atoms with Gasteiger partial charge in [0.2, 0.25) is 0 Å². The van der Waals surface area contributed by atoms with Crippen LogP contribution in [0.2, 0.25) is 0 Å². The molecule has 26 heavy (non-hydrogen) atoms. The van der Waals surface area contributed by atoms with Gasteiger partial charge < -0.3 is 5.32 Å². The fourth-order valence-corrected chi connectivity index (χ4v) is 2.77. The normalized spacial score (nSPS) is 11.9. The lowest BCUT2D eigenvalue weighted by Crippen LogP contribution is -2.28. The van der Waals surface area contributed by atoms with E-state index in [9.17, 15) is 18.0 Å². The van der Waals surface area contributed by atoms with Gasteiger partial charge in [-0.1, -0.05) is 6.92 Å². The molecule has 6 nitrogen and oxygen atoms in total. The smallest absolute Gasteiger partial charge is 0.350 e. The maximum Gasteiger partial charge on any atom is 0.390 e. The van der Waals surface area contributed by atoms with Gasteiger partial charge in [-0.25, -0.2) is 0 Å². The number of nitrogens with one attached hydrogen (secondary N) is 2. The van der Waals surface area contributed by atoms with Crippen molar-refractivity contribution in [3.8, 4) is 11.1 Å². The first kappa shape index (κ1) is 18.0. The number of aryl methyl sites for hydroxylation is 2. The number of nitrogens with zero attached hydrogens (tertiary/aromatic N) is 3. The fraction of sp³-hybridized carbons (Fsp3) is 0.353. The zero-order valence-electron chi connectivity index (χ0n) is 14.3. The third-order valence-corrected chi connectivity index (χ3v) is 4.08. The summed E-state index contributed by atoms with van der Waals surface area (Å²) < 4.78 is 38.5. The van der Waals surface area contributed by atoms with E-state index in [0.29, 0.717) is 17.3 Å². The van der Waals surface area contributed by atoms with Gasteiger partial charge in [-0.15, -0.1) is 0 Å². The number of alkyl halides is 3. The van der Waals surface area contributed by atoms with Crippen molar-refractivity contribution in [2.75, 3.05) is 6.54 Å². The standard InChI is InChI=1S/C17H18F3N5O/c1-3-10-6-11(12-8-22-25(2)9-12)7-13-14(10)23-24-15(13)16(26)21-5-4-17(18,19)20/h6-9H,3-5H2,1-2H3,(H,21,26)(H,23,24). The van der Waals surface area contributed by atoms with Crippen molar-refractivity contribution < 1.29 is 18.0 Å². The Balaban J connectivity index is 1.95. The second-order valence-corrected chi connectivity index (χ2v) is 6.01. The molecule has 0 fully saturated rings. The van der Waals surface area contributed by atoms with Crippen LogP contribution in [0, 0.1) is 0 Å². The van der Waals surface area contributed by atoms with Crippen LogP contribution in [0.15, 0.2) is 24.5 Å². The first-order chi connectivity index (χ1) is 12.3. The van der Waals surface area contributed by atoms with Crippen molar-refractivity contribution in [3.05, 3.63) is 35.8 Å². The Hall–Kier alpha value is -2.84. The minimum Gasteiger partial charge on any atom is -0.350 e. The predicted molar refractivity (Wildman–Crippen MR) is 90.7 cm³/mol. The molecule has 0 aliphatic heterocycles. The van der Waals surface area contributed by atoms with E-state index in [1.807, 2.05) is 19.2 Å². The van der Waals surface area contributed by atoms with Gasteiger partial charge in [-0.3, -0.25) is 14.6 Å². The fourth-order valence-electron chi connectivity index (χ4n) is 2.77. The zero-order chi connectivity index (χ0) is 18.9. The molecule has 0 saturated carbocycles. The molecule has 3 rings (SSSR count). The summed E-state index contributed by atoms with van der Waals surface area (Å²) >= 11 is 0. The molecule has 1 aromatic carbocycles. The number of benzene rings is 1. The van der Waals surface area contributed by atoms with Gasteiger partial charge in [0.15, 0.2) is 0 Å². The number of rotatable bonds is 5. The summed E-state index contributed by atoms with van der Waals surface area (Å²) in [6, 6.07) is 3.78. The van der Waals surface area contributed by atoms with Crippen molar-refractivity contribution >= 4 is 16.8 Å². The number of hydrogen-bond donors (Lipinski definition) is 2. The molecule has 0 spiro atoms.